The van der Waals surface area contributed by atoms with Crippen LogP contribution < -0.4 is 5.32 Å². The van der Waals surface area contributed by atoms with Gasteiger partial charge in [-0.1, -0.05) is 18.2 Å². The molecule has 29 heavy (non-hydrogen) atoms. The van der Waals surface area contributed by atoms with Crippen LogP contribution in [0, 0.1) is 0 Å². The van der Waals surface area contributed by atoms with Gasteiger partial charge < -0.3 is 19.5 Å². The molecule has 2 aromatic carbocycles. The summed E-state index contributed by atoms with van der Waals surface area (Å²) in [6, 6.07) is 11.1. The minimum absolute atomic E-state index is 0.0340. The molecule has 0 heterocycles. The Kier molecular flexibility index (Phi) is 9.24. The second-order valence-electron chi connectivity index (χ2n) is 5.80. The molecule has 0 saturated heterocycles. The highest BCUT2D eigenvalue weighted by Gasteiger charge is 2.30. The fourth-order valence-electron chi connectivity index (χ4n) is 2.35. The maximum absolute atomic E-state index is 12.9. The molecule has 2 rings (SSSR count). The Labute approximate surface area is 171 Å². The van der Waals surface area contributed by atoms with E-state index in [9.17, 15) is 18.0 Å². The SMILES string of the molecule is O=C(OCCOCCOCCCl)c1ccccc1Nc1cccc(C(F)(F)F)c1. The number of nitrogens with one attached hydrogen (secondary N) is 1. The number of para-hydroxylation sites is 1. The molecule has 0 spiro atoms. The Morgan fingerprint density at radius 2 is 1.62 bits per heavy atom. The number of anilines is 2. The zero-order valence-corrected chi connectivity index (χ0v) is 16.3. The summed E-state index contributed by atoms with van der Waals surface area (Å²) >= 11 is 5.47. The highest BCUT2D eigenvalue weighted by atomic mass is 35.5. The van der Waals surface area contributed by atoms with Gasteiger partial charge in [0.15, 0.2) is 0 Å². The monoisotopic (exact) mass is 431 g/mol. The molecule has 0 unspecified atom stereocenters. The summed E-state index contributed by atoms with van der Waals surface area (Å²) in [4.78, 5) is 12.3. The molecule has 5 nitrogen and oxygen atoms in total. The highest BCUT2D eigenvalue weighted by molar-refractivity contribution is 6.17. The minimum Gasteiger partial charge on any atom is -0.460 e. The predicted molar refractivity (Wildman–Crippen MR) is 104 cm³/mol. The molecule has 0 bridgehead atoms. The molecule has 0 radical (unpaired) electrons. The summed E-state index contributed by atoms with van der Waals surface area (Å²) in [5, 5.41) is 2.84. The van der Waals surface area contributed by atoms with Gasteiger partial charge in [-0.2, -0.15) is 13.2 Å². The number of esters is 1. The van der Waals surface area contributed by atoms with E-state index in [1.807, 2.05) is 0 Å². The molecule has 9 heteroatoms. The smallest absolute Gasteiger partial charge is 0.416 e. The first-order chi connectivity index (χ1) is 13.9. The summed E-state index contributed by atoms with van der Waals surface area (Å²) in [6.45, 7) is 1.41. The molecule has 158 valence electrons. The van der Waals surface area contributed by atoms with Crippen molar-refractivity contribution < 1.29 is 32.2 Å². The Balaban J connectivity index is 1.91. The van der Waals surface area contributed by atoms with Crippen LogP contribution in [-0.2, 0) is 20.4 Å². The van der Waals surface area contributed by atoms with Crippen molar-refractivity contribution in [3.8, 4) is 0 Å². The molecule has 2 aromatic rings. The van der Waals surface area contributed by atoms with Gasteiger partial charge >= 0.3 is 12.1 Å². The Morgan fingerprint density at radius 3 is 2.34 bits per heavy atom. The second-order valence-corrected chi connectivity index (χ2v) is 6.18. The molecule has 0 amide bonds. The fraction of sp³-hybridized carbons (Fsp3) is 0.350. The fourth-order valence-corrected chi connectivity index (χ4v) is 2.46. The van der Waals surface area contributed by atoms with Gasteiger partial charge in [-0.25, -0.2) is 4.79 Å². The minimum atomic E-state index is -4.45. The van der Waals surface area contributed by atoms with Crippen LogP contribution in [0.15, 0.2) is 48.5 Å². The summed E-state index contributed by atoms with van der Waals surface area (Å²) in [6.07, 6.45) is -4.45. The molecular weight excluding hydrogens is 411 g/mol. The largest absolute Gasteiger partial charge is 0.460 e. The quantitative estimate of drug-likeness (QED) is 0.312. The van der Waals surface area contributed by atoms with E-state index >= 15 is 0 Å². The van der Waals surface area contributed by atoms with Crippen LogP contribution in [0.5, 0.6) is 0 Å². The number of benzene rings is 2. The standard InChI is InChI=1S/C20H21ClF3NO4/c21-8-9-27-10-11-28-12-13-29-19(26)17-6-1-2-7-18(17)25-16-5-3-4-15(14-16)20(22,23)24/h1-7,14,25H,8-13H2. The predicted octanol–water partition coefficient (Wildman–Crippen LogP) is 4.88. The summed E-state index contributed by atoms with van der Waals surface area (Å²) in [7, 11) is 0. The van der Waals surface area contributed by atoms with Crippen molar-refractivity contribution >= 4 is 28.9 Å². The molecule has 0 aromatic heterocycles. The van der Waals surface area contributed by atoms with Gasteiger partial charge in [0.05, 0.1) is 43.2 Å². The lowest BCUT2D eigenvalue weighted by Crippen LogP contribution is -2.14. The highest BCUT2D eigenvalue weighted by Crippen LogP contribution is 2.31. The van der Waals surface area contributed by atoms with Crippen molar-refractivity contribution in [2.45, 2.75) is 6.18 Å². The van der Waals surface area contributed by atoms with E-state index in [0.717, 1.165) is 12.1 Å². The van der Waals surface area contributed by atoms with E-state index in [-0.39, 0.29) is 24.5 Å². The maximum Gasteiger partial charge on any atom is 0.416 e. The number of hydrogen-bond donors (Lipinski definition) is 1. The summed E-state index contributed by atoms with van der Waals surface area (Å²) < 4.78 is 54.2. The van der Waals surface area contributed by atoms with Crippen molar-refractivity contribution in [2.24, 2.45) is 0 Å². The van der Waals surface area contributed by atoms with Crippen LogP contribution in [-0.4, -0.2) is 44.9 Å². The Morgan fingerprint density at radius 1 is 0.931 bits per heavy atom. The summed E-state index contributed by atoms with van der Waals surface area (Å²) in [5.41, 5.74) is -0.0299. The van der Waals surface area contributed by atoms with E-state index in [0.29, 0.717) is 31.4 Å². The molecule has 0 aliphatic rings. The molecule has 0 fully saturated rings. The van der Waals surface area contributed by atoms with Gasteiger partial charge in [0, 0.05) is 11.6 Å². The van der Waals surface area contributed by atoms with Gasteiger partial charge in [-0.05, 0) is 30.3 Å². The third-order valence-corrected chi connectivity index (χ3v) is 3.82. The van der Waals surface area contributed by atoms with E-state index in [4.69, 9.17) is 25.8 Å². The average Bonchev–Trinajstić information content (AvgIpc) is 2.70. The van der Waals surface area contributed by atoms with Crippen molar-refractivity contribution in [3.63, 3.8) is 0 Å². The van der Waals surface area contributed by atoms with Crippen LogP contribution >= 0.6 is 11.6 Å². The van der Waals surface area contributed by atoms with Gasteiger partial charge in [0.2, 0.25) is 0 Å². The van der Waals surface area contributed by atoms with Crippen molar-refractivity contribution in [1.29, 1.82) is 0 Å². The van der Waals surface area contributed by atoms with Crippen molar-refractivity contribution in [2.75, 3.05) is 44.2 Å². The van der Waals surface area contributed by atoms with Crippen LogP contribution in [0.1, 0.15) is 15.9 Å². The number of ether oxygens (including phenoxy) is 3. The number of halogens is 4. The van der Waals surface area contributed by atoms with Crippen LogP contribution in [0.2, 0.25) is 0 Å². The second kappa shape index (κ2) is 11.6. The lowest BCUT2D eigenvalue weighted by Gasteiger charge is -2.13. The van der Waals surface area contributed by atoms with Crippen molar-refractivity contribution in [3.05, 3.63) is 59.7 Å². The average molecular weight is 432 g/mol. The van der Waals surface area contributed by atoms with Gasteiger partial charge in [-0.3, -0.25) is 0 Å². The van der Waals surface area contributed by atoms with Crippen LogP contribution in [0.25, 0.3) is 0 Å². The topological polar surface area (TPSA) is 56.8 Å². The van der Waals surface area contributed by atoms with E-state index in [2.05, 4.69) is 5.32 Å². The lowest BCUT2D eigenvalue weighted by molar-refractivity contribution is -0.137. The molecule has 0 aliphatic heterocycles. The van der Waals surface area contributed by atoms with Gasteiger partial charge in [0.25, 0.3) is 0 Å². The third-order valence-electron chi connectivity index (χ3n) is 3.67. The third kappa shape index (κ3) is 7.92. The number of carbonyl (C=O) groups excluding carboxylic acids is 1. The first-order valence-corrected chi connectivity index (χ1v) is 9.37. The summed E-state index contributed by atoms with van der Waals surface area (Å²) in [5.74, 6) is -0.201. The van der Waals surface area contributed by atoms with E-state index in [1.165, 1.54) is 18.2 Å². The number of rotatable bonds is 11. The first-order valence-electron chi connectivity index (χ1n) is 8.83. The maximum atomic E-state index is 12.9. The van der Waals surface area contributed by atoms with Gasteiger partial charge in [0.1, 0.15) is 6.61 Å². The number of alkyl halides is 4. The molecule has 0 saturated carbocycles. The van der Waals surface area contributed by atoms with Crippen LogP contribution in [0.3, 0.4) is 0 Å². The number of carbonyl (C=O) groups is 1. The van der Waals surface area contributed by atoms with Crippen LogP contribution in [0.4, 0.5) is 24.5 Å². The Bertz CT molecular complexity index is 786. The van der Waals surface area contributed by atoms with E-state index < -0.39 is 17.7 Å². The molecule has 0 aliphatic carbocycles. The van der Waals surface area contributed by atoms with E-state index in [1.54, 1.807) is 18.2 Å². The van der Waals surface area contributed by atoms with Crippen molar-refractivity contribution in [1.82, 2.24) is 0 Å². The molecule has 1 N–H and O–H groups in total. The van der Waals surface area contributed by atoms with Gasteiger partial charge in [-0.15, -0.1) is 11.6 Å². The molecule has 0 atom stereocenters. The zero-order valence-electron chi connectivity index (χ0n) is 15.5. The Hall–Kier alpha value is -2.29. The number of hydrogen-bond acceptors (Lipinski definition) is 5. The zero-order chi connectivity index (χ0) is 21.1. The first kappa shape index (κ1) is 23.0. The molecular formula is C20H21ClF3NO4. The lowest BCUT2D eigenvalue weighted by atomic mass is 10.1. The normalized spacial score (nSPS) is 11.3.